The molecule has 4 heteroatoms. The third-order valence-electron chi connectivity index (χ3n) is 5.07. The van der Waals surface area contributed by atoms with Crippen LogP contribution in [0.3, 0.4) is 0 Å². The van der Waals surface area contributed by atoms with Crippen LogP contribution in [0, 0.1) is 0 Å². The van der Waals surface area contributed by atoms with Crippen LogP contribution in [0.2, 0.25) is 0 Å². The Morgan fingerprint density at radius 1 is 0.962 bits per heavy atom. The summed E-state index contributed by atoms with van der Waals surface area (Å²) in [5.41, 5.74) is 2.39. The van der Waals surface area contributed by atoms with Gasteiger partial charge in [-0.25, -0.2) is 0 Å². The molecule has 2 aromatic rings. The van der Waals surface area contributed by atoms with E-state index in [1.807, 2.05) is 36.4 Å². The second-order valence-corrected chi connectivity index (χ2v) is 7.12. The van der Waals surface area contributed by atoms with E-state index in [-0.39, 0.29) is 11.9 Å². The van der Waals surface area contributed by atoms with Crippen molar-refractivity contribution in [2.45, 2.75) is 18.9 Å². The van der Waals surface area contributed by atoms with Gasteiger partial charge >= 0.3 is 0 Å². The Bertz CT molecular complexity index is 666. The zero-order valence-electron chi connectivity index (χ0n) is 15.6. The molecule has 1 unspecified atom stereocenters. The van der Waals surface area contributed by atoms with Crippen molar-refractivity contribution in [2.75, 3.05) is 39.8 Å². The largest absolute Gasteiger partial charge is 0.349 e. The number of hydrogen-bond acceptors (Lipinski definition) is 3. The predicted molar refractivity (Wildman–Crippen MR) is 106 cm³/mol. The lowest BCUT2D eigenvalue weighted by atomic mass is 9.98. The van der Waals surface area contributed by atoms with Gasteiger partial charge in [0.2, 0.25) is 5.91 Å². The number of nitrogens with one attached hydrogen (secondary N) is 1. The van der Waals surface area contributed by atoms with Crippen LogP contribution in [0.1, 0.15) is 23.6 Å². The topological polar surface area (TPSA) is 35.6 Å². The molecule has 1 aliphatic heterocycles. The van der Waals surface area contributed by atoms with Gasteiger partial charge in [0.1, 0.15) is 0 Å². The third-order valence-corrected chi connectivity index (χ3v) is 5.07. The standard InChI is InChI=1S/C22H29N3O/c1-24-14-16-25(17-15-24)13-12-22(26)23-21(20-10-6-3-7-11-20)18-19-8-4-2-5-9-19/h2-11,21H,12-18H2,1H3,(H,23,26). The first-order chi connectivity index (χ1) is 12.7. The number of carbonyl (C=O) groups excluding carboxylic acids is 1. The molecule has 2 aromatic carbocycles. The minimum Gasteiger partial charge on any atom is -0.349 e. The van der Waals surface area contributed by atoms with E-state index in [4.69, 9.17) is 0 Å². The monoisotopic (exact) mass is 351 g/mol. The molecule has 4 nitrogen and oxygen atoms in total. The molecule has 1 aliphatic rings. The Hall–Kier alpha value is -2.17. The molecule has 1 N–H and O–H groups in total. The van der Waals surface area contributed by atoms with Crippen molar-refractivity contribution in [3.05, 3.63) is 71.8 Å². The number of likely N-dealkylation sites (N-methyl/N-ethyl adjacent to an activating group) is 1. The number of benzene rings is 2. The smallest absolute Gasteiger partial charge is 0.221 e. The van der Waals surface area contributed by atoms with Crippen molar-refractivity contribution in [1.29, 1.82) is 0 Å². The summed E-state index contributed by atoms with van der Waals surface area (Å²) in [6.07, 6.45) is 1.37. The van der Waals surface area contributed by atoms with Crippen molar-refractivity contribution in [3.8, 4) is 0 Å². The molecule has 0 aromatic heterocycles. The van der Waals surface area contributed by atoms with E-state index in [9.17, 15) is 4.79 Å². The fourth-order valence-electron chi connectivity index (χ4n) is 3.38. The van der Waals surface area contributed by atoms with Crippen LogP contribution < -0.4 is 5.32 Å². The second-order valence-electron chi connectivity index (χ2n) is 7.12. The Labute approximate surface area is 156 Å². The van der Waals surface area contributed by atoms with E-state index >= 15 is 0 Å². The number of nitrogens with zero attached hydrogens (tertiary/aromatic N) is 2. The summed E-state index contributed by atoms with van der Waals surface area (Å²) in [5, 5.41) is 3.25. The highest BCUT2D eigenvalue weighted by molar-refractivity contribution is 5.76. The third kappa shape index (κ3) is 5.68. The highest BCUT2D eigenvalue weighted by atomic mass is 16.1. The van der Waals surface area contributed by atoms with E-state index in [0.29, 0.717) is 6.42 Å². The van der Waals surface area contributed by atoms with E-state index < -0.39 is 0 Å². The molecule has 1 amide bonds. The maximum atomic E-state index is 12.6. The Morgan fingerprint density at radius 3 is 2.23 bits per heavy atom. The van der Waals surface area contributed by atoms with Crippen molar-refractivity contribution in [3.63, 3.8) is 0 Å². The van der Waals surface area contributed by atoms with Gasteiger partial charge in [0.15, 0.2) is 0 Å². The normalized spacial score (nSPS) is 17.0. The van der Waals surface area contributed by atoms with Crippen LogP contribution >= 0.6 is 0 Å². The maximum Gasteiger partial charge on any atom is 0.221 e. The number of rotatable bonds is 7. The molecule has 0 spiro atoms. The lowest BCUT2D eigenvalue weighted by Crippen LogP contribution is -2.45. The summed E-state index contributed by atoms with van der Waals surface area (Å²) >= 11 is 0. The molecule has 1 saturated heterocycles. The maximum absolute atomic E-state index is 12.6. The van der Waals surface area contributed by atoms with Crippen LogP contribution in [0.25, 0.3) is 0 Å². The number of carbonyl (C=O) groups is 1. The van der Waals surface area contributed by atoms with Crippen LogP contribution in [0.5, 0.6) is 0 Å². The molecule has 0 bridgehead atoms. The molecule has 3 rings (SSSR count). The van der Waals surface area contributed by atoms with E-state index in [1.165, 1.54) is 5.56 Å². The van der Waals surface area contributed by atoms with Crippen LogP contribution in [-0.4, -0.2) is 55.5 Å². The Balaban J connectivity index is 1.57. The molecule has 1 fully saturated rings. The molecule has 1 heterocycles. The average molecular weight is 351 g/mol. The van der Waals surface area contributed by atoms with E-state index in [2.05, 4.69) is 46.4 Å². The highest BCUT2D eigenvalue weighted by Crippen LogP contribution is 2.18. The summed E-state index contributed by atoms with van der Waals surface area (Å²) in [4.78, 5) is 17.3. The second kappa shape index (κ2) is 9.51. The van der Waals surface area contributed by atoms with Crippen LogP contribution in [0.4, 0.5) is 0 Å². The van der Waals surface area contributed by atoms with Crippen LogP contribution in [-0.2, 0) is 11.2 Å². The first kappa shape index (κ1) is 18.6. The van der Waals surface area contributed by atoms with Gasteiger partial charge < -0.3 is 15.1 Å². The van der Waals surface area contributed by atoms with Gasteiger partial charge in [0, 0.05) is 39.1 Å². The molecule has 0 saturated carbocycles. The van der Waals surface area contributed by atoms with Crippen molar-refractivity contribution in [1.82, 2.24) is 15.1 Å². The van der Waals surface area contributed by atoms with Gasteiger partial charge in [-0.1, -0.05) is 60.7 Å². The van der Waals surface area contributed by atoms with Crippen molar-refractivity contribution >= 4 is 5.91 Å². The van der Waals surface area contributed by atoms with Gasteiger partial charge in [-0.3, -0.25) is 4.79 Å². The molecular weight excluding hydrogens is 322 g/mol. The summed E-state index contributed by atoms with van der Waals surface area (Å²) in [7, 11) is 2.15. The number of amides is 1. The van der Waals surface area contributed by atoms with Gasteiger partial charge in [0.25, 0.3) is 0 Å². The minimum absolute atomic E-state index is 0.0126. The summed E-state index contributed by atoms with van der Waals surface area (Å²) in [6, 6.07) is 20.6. The summed E-state index contributed by atoms with van der Waals surface area (Å²) in [5.74, 6) is 0.133. The molecule has 138 valence electrons. The molecular formula is C22H29N3O. The Kier molecular flexibility index (Phi) is 6.81. The van der Waals surface area contributed by atoms with Gasteiger partial charge in [-0.2, -0.15) is 0 Å². The molecule has 26 heavy (non-hydrogen) atoms. The van der Waals surface area contributed by atoms with Crippen LogP contribution in [0.15, 0.2) is 60.7 Å². The fraction of sp³-hybridized carbons (Fsp3) is 0.409. The first-order valence-corrected chi connectivity index (χ1v) is 9.50. The predicted octanol–water partition coefficient (Wildman–Crippen LogP) is 2.72. The number of piperazine rings is 1. The van der Waals surface area contributed by atoms with Gasteiger partial charge in [0.05, 0.1) is 6.04 Å². The quantitative estimate of drug-likeness (QED) is 0.833. The Morgan fingerprint density at radius 2 is 1.58 bits per heavy atom. The van der Waals surface area contributed by atoms with Crippen molar-refractivity contribution < 1.29 is 4.79 Å². The highest BCUT2D eigenvalue weighted by Gasteiger charge is 2.18. The molecule has 1 atom stereocenters. The fourth-order valence-corrected chi connectivity index (χ4v) is 3.38. The molecule has 0 aliphatic carbocycles. The van der Waals surface area contributed by atoms with Gasteiger partial charge in [-0.15, -0.1) is 0 Å². The zero-order chi connectivity index (χ0) is 18.2. The molecule has 0 radical (unpaired) electrons. The van der Waals surface area contributed by atoms with E-state index in [1.54, 1.807) is 0 Å². The summed E-state index contributed by atoms with van der Waals surface area (Å²) < 4.78 is 0. The van der Waals surface area contributed by atoms with Gasteiger partial charge in [-0.05, 0) is 24.6 Å². The SMILES string of the molecule is CN1CCN(CCC(=O)NC(Cc2ccccc2)c2ccccc2)CC1. The first-order valence-electron chi connectivity index (χ1n) is 9.50. The van der Waals surface area contributed by atoms with E-state index in [0.717, 1.165) is 44.7 Å². The minimum atomic E-state index is 0.0126. The average Bonchev–Trinajstić information content (AvgIpc) is 2.68. The zero-order valence-corrected chi connectivity index (χ0v) is 15.6. The number of hydrogen-bond donors (Lipinski definition) is 1. The lowest BCUT2D eigenvalue weighted by Gasteiger charge is -2.32. The lowest BCUT2D eigenvalue weighted by molar-refractivity contribution is -0.122. The summed E-state index contributed by atoms with van der Waals surface area (Å²) in [6.45, 7) is 5.11. The van der Waals surface area contributed by atoms with Crippen molar-refractivity contribution in [2.24, 2.45) is 0 Å².